The zero-order chi connectivity index (χ0) is 16.0. The summed E-state index contributed by atoms with van der Waals surface area (Å²) in [6, 6.07) is 31.3. The Balaban J connectivity index is 2.30. The summed E-state index contributed by atoms with van der Waals surface area (Å²) < 4.78 is 6.25. The third-order valence-corrected chi connectivity index (χ3v) is 7.65. The molecule has 0 aliphatic heterocycles. The van der Waals surface area contributed by atoms with Crippen molar-refractivity contribution in [3.8, 4) is 0 Å². The van der Waals surface area contributed by atoms with Crippen molar-refractivity contribution in [1.82, 2.24) is 0 Å². The zero-order valence-electron chi connectivity index (χ0n) is 13.1. The van der Waals surface area contributed by atoms with Gasteiger partial charge in [0.25, 0.3) is 0 Å². The molecule has 0 N–H and O–H groups in total. The van der Waals surface area contributed by atoms with Gasteiger partial charge in [-0.25, -0.2) is 0 Å². The van der Waals surface area contributed by atoms with Crippen LogP contribution in [0, 0.1) is 0 Å². The number of hydrogen-bond acceptors (Lipinski definition) is 2. The summed E-state index contributed by atoms with van der Waals surface area (Å²) in [4.78, 5) is 0. The molecule has 0 amide bonds. The fourth-order valence-corrected chi connectivity index (χ4v) is 6.37. The molecule has 0 aromatic heterocycles. The van der Waals surface area contributed by atoms with E-state index in [9.17, 15) is 0 Å². The van der Waals surface area contributed by atoms with Crippen LogP contribution < -0.4 is 15.6 Å². The van der Waals surface area contributed by atoms with Crippen LogP contribution in [0.3, 0.4) is 0 Å². The second-order valence-electron chi connectivity index (χ2n) is 5.23. The molecule has 0 saturated heterocycles. The minimum atomic E-state index is -2.64. The highest BCUT2D eigenvalue weighted by molar-refractivity contribution is 7.07. The predicted molar refractivity (Wildman–Crippen MR) is 99.2 cm³/mol. The van der Waals surface area contributed by atoms with Crippen LogP contribution in [0.15, 0.2) is 96.2 Å². The molecular formula is C20H19NOSi. The second kappa shape index (κ2) is 7.07. The third kappa shape index (κ3) is 2.96. The van der Waals surface area contributed by atoms with Crippen LogP contribution in [0.25, 0.3) is 0 Å². The molecule has 0 radical (unpaired) electrons. The van der Waals surface area contributed by atoms with Crippen LogP contribution >= 0.6 is 0 Å². The molecule has 2 nitrogen and oxygen atoms in total. The maximum atomic E-state index is 6.25. The standard InChI is InChI=1S/C20H19NOSi/c1-2-21-22-23(18-12-6-3-7-13-18,19-14-8-4-9-15-19)20-16-10-5-11-17-20/h2-17H,1H3/b21-2-. The molecule has 114 valence electrons. The Hall–Kier alpha value is -2.65. The number of hydrogen-bond donors (Lipinski definition) is 0. The maximum Gasteiger partial charge on any atom is 0.380 e. The van der Waals surface area contributed by atoms with E-state index in [-0.39, 0.29) is 0 Å². The number of oxime groups is 1. The summed E-state index contributed by atoms with van der Waals surface area (Å²) in [7, 11) is -2.64. The molecule has 0 aliphatic rings. The molecule has 0 fully saturated rings. The number of nitrogens with zero attached hydrogens (tertiary/aromatic N) is 1. The van der Waals surface area contributed by atoms with E-state index in [1.54, 1.807) is 6.21 Å². The van der Waals surface area contributed by atoms with Crippen LogP contribution in [0.4, 0.5) is 0 Å². The van der Waals surface area contributed by atoms with Crippen LogP contribution in [0.1, 0.15) is 6.92 Å². The van der Waals surface area contributed by atoms with Gasteiger partial charge in [0.1, 0.15) is 0 Å². The molecule has 3 aromatic carbocycles. The highest BCUT2D eigenvalue weighted by atomic mass is 28.4. The molecule has 0 aliphatic carbocycles. The molecule has 23 heavy (non-hydrogen) atoms. The Morgan fingerprint density at radius 3 is 1.30 bits per heavy atom. The maximum absolute atomic E-state index is 6.25. The van der Waals surface area contributed by atoms with Crippen molar-refractivity contribution in [2.24, 2.45) is 5.16 Å². The van der Waals surface area contributed by atoms with E-state index in [4.69, 9.17) is 4.53 Å². The summed E-state index contributed by atoms with van der Waals surface area (Å²) in [6.07, 6.45) is 1.70. The lowest BCUT2D eigenvalue weighted by Crippen LogP contribution is -2.68. The molecule has 3 heteroatoms. The van der Waals surface area contributed by atoms with Crippen LogP contribution in [0.2, 0.25) is 0 Å². The summed E-state index contributed by atoms with van der Waals surface area (Å²) in [6.45, 7) is 1.88. The quantitative estimate of drug-likeness (QED) is 0.307. The van der Waals surface area contributed by atoms with E-state index in [0.29, 0.717) is 0 Å². The molecule has 0 bridgehead atoms. The molecule has 0 atom stereocenters. The first-order chi connectivity index (χ1) is 11.4. The van der Waals surface area contributed by atoms with E-state index in [1.807, 2.05) is 25.1 Å². The van der Waals surface area contributed by atoms with Crippen molar-refractivity contribution in [2.45, 2.75) is 6.92 Å². The minimum Gasteiger partial charge on any atom is -0.438 e. The molecular weight excluding hydrogens is 298 g/mol. The summed E-state index contributed by atoms with van der Waals surface area (Å²) in [5.41, 5.74) is 0. The Labute approximate surface area is 138 Å². The Bertz CT molecular complexity index is 661. The SMILES string of the molecule is C/C=N\O[Si](c1ccccc1)(c1ccccc1)c1ccccc1. The van der Waals surface area contributed by atoms with E-state index in [0.717, 1.165) is 0 Å². The lowest BCUT2D eigenvalue weighted by atomic mass is 10.3. The lowest BCUT2D eigenvalue weighted by Gasteiger charge is -2.29. The monoisotopic (exact) mass is 317 g/mol. The smallest absolute Gasteiger partial charge is 0.380 e. The Kier molecular flexibility index (Phi) is 4.69. The van der Waals surface area contributed by atoms with Crippen molar-refractivity contribution in [1.29, 1.82) is 0 Å². The normalized spacial score (nSPS) is 11.5. The van der Waals surface area contributed by atoms with Gasteiger partial charge in [0, 0.05) is 6.21 Å². The van der Waals surface area contributed by atoms with Crippen molar-refractivity contribution in [2.75, 3.05) is 0 Å². The summed E-state index contributed by atoms with van der Waals surface area (Å²) in [5.74, 6) is 0. The van der Waals surface area contributed by atoms with Crippen LogP contribution in [-0.4, -0.2) is 14.5 Å². The highest BCUT2D eigenvalue weighted by Gasteiger charge is 2.44. The van der Waals surface area contributed by atoms with Gasteiger partial charge in [-0.3, -0.25) is 0 Å². The first-order valence-electron chi connectivity index (χ1n) is 7.70. The molecule has 0 spiro atoms. The van der Waals surface area contributed by atoms with Gasteiger partial charge in [0.2, 0.25) is 0 Å². The Morgan fingerprint density at radius 2 is 1.00 bits per heavy atom. The van der Waals surface area contributed by atoms with Gasteiger partial charge < -0.3 is 4.53 Å². The topological polar surface area (TPSA) is 21.6 Å². The van der Waals surface area contributed by atoms with Crippen molar-refractivity contribution in [3.05, 3.63) is 91.0 Å². The largest absolute Gasteiger partial charge is 0.438 e. The first-order valence-corrected chi connectivity index (χ1v) is 9.61. The second-order valence-corrected chi connectivity index (χ2v) is 8.51. The summed E-state index contributed by atoms with van der Waals surface area (Å²) >= 11 is 0. The van der Waals surface area contributed by atoms with Gasteiger partial charge in [0.05, 0.1) is 0 Å². The molecule has 3 aromatic rings. The molecule has 0 saturated carbocycles. The van der Waals surface area contributed by atoms with Gasteiger partial charge in [0.15, 0.2) is 0 Å². The van der Waals surface area contributed by atoms with Gasteiger partial charge in [-0.1, -0.05) is 91.0 Å². The van der Waals surface area contributed by atoms with Crippen molar-refractivity contribution >= 4 is 30.1 Å². The molecule has 0 heterocycles. The van der Waals surface area contributed by atoms with Gasteiger partial charge in [-0.15, -0.1) is 5.16 Å². The number of benzene rings is 3. The summed E-state index contributed by atoms with van der Waals surface area (Å²) in [5, 5.41) is 7.76. The van der Waals surface area contributed by atoms with E-state index < -0.39 is 8.32 Å². The van der Waals surface area contributed by atoms with Crippen molar-refractivity contribution in [3.63, 3.8) is 0 Å². The van der Waals surface area contributed by atoms with Gasteiger partial charge >= 0.3 is 8.32 Å². The highest BCUT2D eigenvalue weighted by Crippen LogP contribution is 2.09. The molecule has 0 unspecified atom stereocenters. The third-order valence-electron chi connectivity index (χ3n) is 3.84. The molecule has 3 rings (SSSR count). The predicted octanol–water partition coefficient (Wildman–Crippen LogP) is 2.68. The number of rotatable bonds is 5. The zero-order valence-corrected chi connectivity index (χ0v) is 14.1. The Morgan fingerprint density at radius 1 is 0.652 bits per heavy atom. The average Bonchev–Trinajstić information content (AvgIpc) is 2.65. The fourth-order valence-electron chi connectivity index (χ4n) is 2.81. The average molecular weight is 317 g/mol. The van der Waals surface area contributed by atoms with Gasteiger partial charge in [-0.05, 0) is 22.5 Å². The van der Waals surface area contributed by atoms with E-state index in [1.165, 1.54) is 15.6 Å². The van der Waals surface area contributed by atoms with Crippen molar-refractivity contribution < 1.29 is 4.53 Å². The lowest BCUT2D eigenvalue weighted by molar-refractivity contribution is 0.351. The van der Waals surface area contributed by atoms with E-state index in [2.05, 4.69) is 78.0 Å². The van der Waals surface area contributed by atoms with E-state index >= 15 is 0 Å². The fraction of sp³-hybridized carbons (Fsp3) is 0.0500. The van der Waals surface area contributed by atoms with Crippen LogP contribution in [0.5, 0.6) is 0 Å². The van der Waals surface area contributed by atoms with Crippen LogP contribution in [-0.2, 0) is 4.53 Å². The minimum absolute atomic E-state index is 1.18. The first kappa shape index (κ1) is 15.3. The van der Waals surface area contributed by atoms with Gasteiger partial charge in [-0.2, -0.15) is 0 Å².